The van der Waals surface area contributed by atoms with Crippen molar-refractivity contribution in [2.75, 3.05) is 0 Å². The standard InChI is InChI=1S/C13H7ClFNOS/c14-12-6-5-11(18-12)10-7-16-13(17-10)8-3-1-2-4-9(8)15/h1-7H. The fourth-order valence-electron chi connectivity index (χ4n) is 1.59. The number of aromatic nitrogens is 1. The van der Waals surface area contributed by atoms with Crippen molar-refractivity contribution in [3.05, 3.63) is 52.7 Å². The summed E-state index contributed by atoms with van der Waals surface area (Å²) in [5, 5.41) is 0. The Kier molecular flexibility index (Phi) is 2.89. The smallest absolute Gasteiger partial charge is 0.229 e. The molecule has 0 aliphatic rings. The second kappa shape index (κ2) is 4.55. The third-order valence-corrected chi connectivity index (χ3v) is 3.67. The summed E-state index contributed by atoms with van der Waals surface area (Å²) in [6, 6.07) is 10.0. The van der Waals surface area contributed by atoms with E-state index < -0.39 is 0 Å². The van der Waals surface area contributed by atoms with Crippen molar-refractivity contribution < 1.29 is 8.81 Å². The lowest BCUT2D eigenvalue weighted by Gasteiger charge is -1.96. The lowest BCUT2D eigenvalue weighted by molar-refractivity contribution is 0.574. The van der Waals surface area contributed by atoms with Crippen LogP contribution in [0.5, 0.6) is 0 Å². The average Bonchev–Trinajstić information content (AvgIpc) is 2.98. The van der Waals surface area contributed by atoms with Crippen molar-refractivity contribution in [3.8, 4) is 22.1 Å². The maximum absolute atomic E-state index is 13.6. The fourth-order valence-corrected chi connectivity index (χ4v) is 2.58. The maximum Gasteiger partial charge on any atom is 0.229 e. The largest absolute Gasteiger partial charge is 0.435 e. The van der Waals surface area contributed by atoms with Gasteiger partial charge in [-0.2, -0.15) is 0 Å². The number of benzene rings is 1. The minimum absolute atomic E-state index is 0.271. The first-order valence-electron chi connectivity index (χ1n) is 5.20. The van der Waals surface area contributed by atoms with E-state index in [4.69, 9.17) is 16.0 Å². The second-order valence-electron chi connectivity index (χ2n) is 3.61. The van der Waals surface area contributed by atoms with Crippen molar-refractivity contribution in [1.29, 1.82) is 0 Å². The molecule has 0 spiro atoms. The molecule has 0 unspecified atom stereocenters. The zero-order valence-corrected chi connectivity index (χ0v) is 10.6. The van der Waals surface area contributed by atoms with E-state index in [1.54, 1.807) is 30.5 Å². The molecule has 18 heavy (non-hydrogen) atoms. The van der Waals surface area contributed by atoms with Crippen LogP contribution in [0, 0.1) is 5.82 Å². The van der Waals surface area contributed by atoms with Gasteiger partial charge in [0, 0.05) is 0 Å². The second-order valence-corrected chi connectivity index (χ2v) is 5.33. The van der Waals surface area contributed by atoms with E-state index in [1.165, 1.54) is 17.4 Å². The van der Waals surface area contributed by atoms with Gasteiger partial charge < -0.3 is 4.42 Å². The molecule has 0 fully saturated rings. The van der Waals surface area contributed by atoms with Crippen molar-refractivity contribution in [1.82, 2.24) is 4.98 Å². The maximum atomic E-state index is 13.6. The van der Waals surface area contributed by atoms with Crippen molar-refractivity contribution in [2.24, 2.45) is 0 Å². The van der Waals surface area contributed by atoms with Crippen LogP contribution in [0.2, 0.25) is 4.34 Å². The van der Waals surface area contributed by atoms with Gasteiger partial charge in [-0.3, -0.25) is 0 Å². The van der Waals surface area contributed by atoms with E-state index in [0.717, 1.165) is 4.88 Å². The molecule has 0 amide bonds. The van der Waals surface area contributed by atoms with Gasteiger partial charge in [-0.25, -0.2) is 9.37 Å². The third-order valence-electron chi connectivity index (χ3n) is 2.43. The first-order chi connectivity index (χ1) is 8.74. The molecule has 0 aliphatic carbocycles. The van der Waals surface area contributed by atoms with Gasteiger partial charge in [0.25, 0.3) is 0 Å². The molecule has 0 saturated carbocycles. The molecule has 5 heteroatoms. The number of thiophene rings is 1. The van der Waals surface area contributed by atoms with Crippen LogP contribution in [-0.4, -0.2) is 4.98 Å². The lowest BCUT2D eigenvalue weighted by atomic mass is 10.2. The predicted molar refractivity (Wildman–Crippen MR) is 70.2 cm³/mol. The van der Waals surface area contributed by atoms with E-state index in [0.29, 0.717) is 15.7 Å². The molecule has 0 bridgehead atoms. The van der Waals surface area contributed by atoms with E-state index in [1.807, 2.05) is 6.07 Å². The molecule has 2 nitrogen and oxygen atoms in total. The molecule has 90 valence electrons. The summed E-state index contributed by atoms with van der Waals surface area (Å²) < 4.78 is 19.8. The molecule has 2 heterocycles. The van der Waals surface area contributed by atoms with Crippen LogP contribution in [0.3, 0.4) is 0 Å². The van der Waals surface area contributed by atoms with Gasteiger partial charge in [-0.1, -0.05) is 23.7 Å². The summed E-state index contributed by atoms with van der Waals surface area (Å²) in [6.07, 6.45) is 1.57. The van der Waals surface area contributed by atoms with E-state index in [2.05, 4.69) is 4.98 Å². The molecule has 3 rings (SSSR count). The van der Waals surface area contributed by atoms with Gasteiger partial charge in [0.05, 0.1) is 21.0 Å². The quantitative estimate of drug-likeness (QED) is 0.669. The van der Waals surface area contributed by atoms with Gasteiger partial charge in [-0.05, 0) is 24.3 Å². The van der Waals surface area contributed by atoms with Crippen molar-refractivity contribution in [2.45, 2.75) is 0 Å². The Balaban J connectivity index is 2.02. The average molecular weight is 280 g/mol. The number of oxazole rings is 1. The van der Waals surface area contributed by atoms with E-state index >= 15 is 0 Å². The van der Waals surface area contributed by atoms with Crippen molar-refractivity contribution >= 4 is 22.9 Å². The molecule has 2 aromatic heterocycles. The van der Waals surface area contributed by atoms with Gasteiger partial charge in [0.15, 0.2) is 5.76 Å². The number of hydrogen-bond donors (Lipinski definition) is 0. The minimum atomic E-state index is -0.352. The normalized spacial score (nSPS) is 10.8. The Morgan fingerprint density at radius 1 is 1.17 bits per heavy atom. The van der Waals surface area contributed by atoms with Gasteiger partial charge in [0.2, 0.25) is 5.89 Å². The van der Waals surface area contributed by atoms with Crippen LogP contribution in [0.1, 0.15) is 0 Å². The van der Waals surface area contributed by atoms with Gasteiger partial charge in [0.1, 0.15) is 5.82 Å². The van der Waals surface area contributed by atoms with E-state index in [9.17, 15) is 4.39 Å². The predicted octanol–water partition coefficient (Wildman–Crippen LogP) is 4.86. The van der Waals surface area contributed by atoms with Crippen LogP contribution in [-0.2, 0) is 0 Å². The monoisotopic (exact) mass is 279 g/mol. The summed E-state index contributed by atoms with van der Waals surface area (Å²) in [5.74, 6) is 0.507. The summed E-state index contributed by atoms with van der Waals surface area (Å²) in [7, 11) is 0. The zero-order chi connectivity index (χ0) is 12.5. The fraction of sp³-hybridized carbons (Fsp3) is 0. The molecule has 1 aromatic carbocycles. The molecule has 0 atom stereocenters. The Bertz CT molecular complexity index is 692. The number of halogens is 2. The molecule has 0 aliphatic heterocycles. The SMILES string of the molecule is Fc1ccccc1-c1ncc(-c2ccc(Cl)s2)o1. The Morgan fingerprint density at radius 3 is 2.72 bits per heavy atom. The molecule has 0 radical (unpaired) electrons. The highest BCUT2D eigenvalue weighted by atomic mass is 35.5. The number of rotatable bonds is 2. The molecular weight excluding hydrogens is 273 g/mol. The Hall–Kier alpha value is -1.65. The minimum Gasteiger partial charge on any atom is -0.435 e. The van der Waals surface area contributed by atoms with Crippen LogP contribution in [0.4, 0.5) is 4.39 Å². The summed E-state index contributed by atoms with van der Waals surface area (Å²) >= 11 is 7.25. The first kappa shape index (κ1) is 11.4. The first-order valence-corrected chi connectivity index (χ1v) is 6.40. The lowest BCUT2D eigenvalue weighted by Crippen LogP contribution is -1.82. The van der Waals surface area contributed by atoms with Crippen LogP contribution in [0.15, 0.2) is 47.0 Å². The van der Waals surface area contributed by atoms with Crippen LogP contribution >= 0.6 is 22.9 Å². The number of nitrogens with zero attached hydrogens (tertiary/aromatic N) is 1. The van der Waals surface area contributed by atoms with Gasteiger partial charge in [-0.15, -0.1) is 11.3 Å². The third kappa shape index (κ3) is 2.05. The highest BCUT2D eigenvalue weighted by Gasteiger charge is 2.12. The molecule has 0 saturated heterocycles. The highest BCUT2D eigenvalue weighted by molar-refractivity contribution is 7.19. The molecular formula is C13H7ClFNOS. The van der Waals surface area contributed by atoms with E-state index in [-0.39, 0.29) is 11.7 Å². The summed E-state index contributed by atoms with van der Waals surface area (Å²) in [5.41, 5.74) is 0.353. The Labute approximate surface area is 112 Å². The van der Waals surface area contributed by atoms with Crippen LogP contribution < -0.4 is 0 Å². The topological polar surface area (TPSA) is 26.0 Å². The number of hydrogen-bond acceptors (Lipinski definition) is 3. The highest BCUT2D eigenvalue weighted by Crippen LogP contribution is 2.33. The van der Waals surface area contributed by atoms with Gasteiger partial charge >= 0.3 is 0 Å². The van der Waals surface area contributed by atoms with Crippen LogP contribution in [0.25, 0.3) is 22.1 Å². The molecule has 3 aromatic rings. The zero-order valence-electron chi connectivity index (χ0n) is 9.06. The summed E-state index contributed by atoms with van der Waals surface area (Å²) in [4.78, 5) is 4.96. The Morgan fingerprint density at radius 2 is 2.00 bits per heavy atom. The van der Waals surface area contributed by atoms with Crippen molar-refractivity contribution in [3.63, 3.8) is 0 Å². The molecule has 0 N–H and O–H groups in total. The summed E-state index contributed by atoms with van der Waals surface area (Å²) in [6.45, 7) is 0.